The molecule has 0 saturated carbocycles. The van der Waals surface area contributed by atoms with Gasteiger partial charge in [0.05, 0.1) is 6.61 Å². The SMILES string of the molecule is CCCCc1cn(C)c(=O)nc1OCC. The quantitative estimate of drug-likeness (QED) is 0.740. The van der Waals surface area contributed by atoms with E-state index in [1.165, 1.54) is 4.57 Å². The van der Waals surface area contributed by atoms with Gasteiger partial charge in [0, 0.05) is 18.8 Å². The summed E-state index contributed by atoms with van der Waals surface area (Å²) >= 11 is 0. The smallest absolute Gasteiger partial charge is 0.350 e. The highest BCUT2D eigenvalue weighted by Crippen LogP contribution is 2.15. The zero-order valence-corrected chi connectivity index (χ0v) is 9.62. The standard InChI is InChI=1S/C11H18N2O2/c1-4-6-7-9-8-13(3)11(14)12-10(9)15-5-2/h8H,4-7H2,1-3H3. The van der Waals surface area contributed by atoms with E-state index >= 15 is 0 Å². The largest absolute Gasteiger partial charge is 0.478 e. The molecule has 84 valence electrons. The van der Waals surface area contributed by atoms with Crippen molar-refractivity contribution in [2.45, 2.75) is 33.1 Å². The summed E-state index contributed by atoms with van der Waals surface area (Å²) < 4.78 is 6.84. The summed E-state index contributed by atoms with van der Waals surface area (Å²) in [5, 5.41) is 0. The molecule has 0 N–H and O–H groups in total. The third-order valence-electron chi connectivity index (χ3n) is 2.20. The molecule has 0 atom stereocenters. The molecule has 0 amide bonds. The molecule has 0 fully saturated rings. The monoisotopic (exact) mass is 210 g/mol. The van der Waals surface area contributed by atoms with Crippen molar-refractivity contribution >= 4 is 0 Å². The maximum Gasteiger partial charge on any atom is 0.350 e. The van der Waals surface area contributed by atoms with Crippen molar-refractivity contribution < 1.29 is 4.74 Å². The van der Waals surface area contributed by atoms with Crippen molar-refractivity contribution in [2.24, 2.45) is 7.05 Å². The van der Waals surface area contributed by atoms with E-state index in [9.17, 15) is 4.79 Å². The predicted molar refractivity (Wildman–Crippen MR) is 59.3 cm³/mol. The van der Waals surface area contributed by atoms with Crippen LogP contribution in [0.1, 0.15) is 32.3 Å². The van der Waals surface area contributed by atoms with Crippen LogP contribution in [0.5, 0.6) is 5.88 Å². The van der Waals surface area contributed by atoms with Gasteiger partial charge < -0.3 is 9.30 Å². The van der Waals surface area contributed by atoms with E-state index in [4.69, 9.17) is 4.74 Å². The van der Waals surface area contributed by atoms with Gasteiger partial charge in [-0.25, -0.2) is 4.79 Å². The van der Waals surface area contributed by atoms with Gasteiger partial charge in [0.1, 0.15) is 0 Å². The number of hydrogen-bond acceptors (Lipinski definition) is 3. The minimum Gasteiger partial charge on any atom is -0.478 e. The van der Waals surface area contributed by atoms with Gasteiger partial charge in [0.25, 0.3) is 0 Å². The third kappa shape index (κ3) is 3.08. The lowest BCUT2D eigenvalue weighted by Gasteiger charge is -2.09. The summed E-state index contributed by atoms with van der Waals surface area (Å²) in [6.45, 7) is 4.57. The molecule has 1 aromatic heterocycles. The van der Waals surface area contributed by atoms with E-state index in [0.717, 1.165) is 24.8 Å². The van der Waals surface area contributed by atoms with Gasteiger partial charge in [-0.15, -0.1) is 0 Å². The van der Waals surface area contributed by atoms with Crippen LogP contribution in [0.3, 0.4) is 0 Å². The molecule has 0 saturated heterocycles. The van der Waals surface area contributed by atoms with Crippen LogP contribution in [0.2, 0.25) is 0 Å². The molecule has 4 nitrogen and oxygen atoms in total. The van der Waals surface area contributed by atoms with Crippen molar-refractivity contribution in [2.75, 3.05) is 6.61 Å². The number of aromatic nitrogens is 2. The molecule has 4 heteroatoms. The maximum absolute atomic E-state index is 11.3. The van der Waals surface area contributed by atoms with E-state index in [-0.39, 0.29) is 5.69 Å². The van der Waals surface area contributed by atoms with Gasteiger partial charge in [-0.2, -0.15) is 4.98 Å². The van der Waals surface area contributed by atoms with Crippen LogP contribution < -0.4 is 10.4 Å². The summed E-state index contributed by atoms with van der Waals surface area (Å²) in [6, 6.07) is 0. The van der Waals surface area contributed by atoms with Crippen molar-refractivity contribution in [1.82, 2.24) is 9.55 Å². The zero-order chi connectivity index (χ0) is 11.3. The first-order chi connectivity index (χ1) is 7.19. The highest BCUT2D eigenvalue weighted by Gasteiger charge is 2.07. The summed E-state index contributed by atoms with van der Waals surface area (Å²) in [5.74, 6) is 0.494. The number of aryl methyl sites for hydroxylation is 2. The van der Waals surface area contributed by atoms with E-state index in [1.54, 1.807) is 7.05 Å². The number of unbranched alkanes of at least 4 members (excludes halogenated alkanes) is 1. The van der Waals surface area contributed by atoms with Crippen LogP contribution in [0, 0.1) is 0 Å². The Morgan fingerprint density at radius 1 is 1.47 bits per heavy atom. The van der Waals surface area contributed by atoms with Gasteiger partial charge in [-0.3, -0.25) is 0 Å². The minimum atomic E-state index is -0.265. The highest BCUT2D eigenvalue weighted by molar-refractivity contribution is 5.22. The Morgan fingerprint density at radius 2 is 2.20 bits per heavy atom. The van der Waals surface area contributed by atoms with Crippen LogP contribution >= 0.6 is 0 Å². The molecule has 0 radical (unpaired) electrons. The molecule has 0 bridgehead atoms. The Balaban J connectivity index is 2.99. The summed E-state index contributed by atoms with van der Waals surface area (Å²) in [4.78, 5) is 15.2. The van der Waals surface area contributed by atoms with Crippen LogP contribution in [0.25, 0.3) is 0 Å². The Kier molecular flexibility index (Phi) is 4.34. The van der Waals surface area contributed by atoms with Gasteiger partial charge in [-0.1, -0.05) is 13.3 Å². The first-order valence-corrected chi connectivity index (χ1v) is 5.38. The topological polar surface area (TPSA) is 44.1 Å². The van der Waals surface area contributed by atoms with E-state index in [2.05, 4.69) is 11.9 Å². The third-order valence-corrected chi connectivity index (χ3v) is 2.20. The van der Waals surface area contributed by atoms with E-state index in [0.29, 0.717) is 12.5 Å². The lowest BCUT2D eigenvalue weighted by Crippen LogP contribution is -2.21. The fraction of sp³-hybridized carbons (Fsp3) is 0.636. The van der Waals surface area contributed by atoms with Crippen LogP contribution in [-0.2, 0) is 13.5 Å². The van der Waals surface area contributed by atoms with Crippen LogP contribution in [-0.4, -0.2) is 16.2 Å². The molecule has 1 aromatic rings. The van der Waals surface area contributed by atoms with Crippen molar-refractivity contribution in [3.63, 3.8) is 0 Å². The predicted octanol–water partition coefficient (Wildman–Crippen LogP) is 1.52. The Bertz CT molecular complexity index is 371. The molecule has 1 heterocycles. The number of nitrogens with zero attached hydrogens (tertiary/aromatic N) is 2. The molecule has 15 heavy (non-hydrogen) atoms. The molecule has 0 aliphatic carbocycles. The highest BCUT2D eigenvalue weighted by atomic mass is 16.5. The number of rotatable bonds is 5. The number of hydrogen-bond donors (Lipinski definition) is 0. The fourth-order valence-corrected chi connectivity index (χ4v) is 1.38. The molecular formula is C11H18N2O2. The Labute approximate surface area is 89.9 Å². The van der Waals surface area contributed by atoms with Crippen molar-refractivity contribution in [1.29, 1.82) is 0 Å². The second-order valence-corrected chi connectivity index (χ2v) is 3.50. The van der Waals surface area contributed by atoms with Crippen molar-refractivity contribution in [3.05, 3.63) is 22.2 Å². The average molecular weight is 210 g/mol. The lowest BCUT2D eigenvalue weighted by molar-refractivity contribution is 0.319. The van der Waals surface area contributed by atoms with E-state index < -0.39 is 0 Å². The molecule has 0 spiro atoms. The van der Waals surface area contributed by atoms with Crippen molar-refractivity contribution in [3.8, 4) is 5.88 Å². The van der Waals surface area contributed by atoms with Crippen LogP contribution in [0.15, 0.2) is 11.0 Å². The molecule has 0 unspecified atom stereocenters. The van der Waals surface area contributed by atoms with Gasteiger partial charge in [0.15, 0.2) is 0 Å². The van der Waals surface area contributed by atoms with E-state index in [1.807, 2.05) is 13.1 Å². The normalized spacial score (nSPS) is 10.3. The first-order valence-electron chi connectivity index (χ1n) is 5.38. The first kappa shape index (κ1) is 11.8. The Hall–Kier alpha value is -1.32. The fourth-order valence-electron chi connectivity index (χ4n) is 1.38. The lowest BCUT2D eigenvalue weighted by atomic mass is 10.1. The minimum absolute atomic E-state index is 0.265. The average Bonchev–Trinajstić information content (AvgIpc) is 2.21. The zero-order valence-electron chi connectivity index (χ0n) is 9.62. The second kappa shape index (κ2) is 5.53. The van der Waals surface area contributed by atoms with Gasteiger partial charge in [0.2, 0.25) is 5.88 Å². The summed E-state index contributed by atoms with van der Waals surface area (Å²) in [6.07, 6.45) is 4.93. The molecular weight excluding hydrogens is 192 g/mol. The maximum atomic E-state index is 11.3. The molecule has 0 aliphatic heterocycles. The molecule has 1 rings (SSSR count). The molecule has 0 aromatic carbocycles. The van der Waals surface area contributed by atoms with Gasteiger partial charge in [-0.05, 0) is 19.8 Å². The van der Waals surface area contributed by atoms with Crippen LogP contribution in [0.4, 0.5) is 0 Å². The summed E-state index contributed by atoms with van der Waals surface area (Å²) in [7, 11) is 1.71. The Morgan fingerprint density at radius 3 is 2.80 bits per heavy atom. The molecule has 0 aliphatic rings. The van der Waals surface area contributed by atoms with Gasteiger partial charge >= 0.3 is 5.69 Å². The number of ether oxygens (including phenoxy) is 1. The second-order valence-electron chi connectivity index (χ2n) is 3.50. The summed E-state index contributed by atoms with van der Waals surface area (Å²) in [5.41, 5.74) is 0.750.